The molecule has 1 aromatic heterocycles. The van der Waals surface area contributed by atoms with Gasteiger partial charge in [-0.2, -0.15) is 0 Å². The fourth-order valence-electron chi connectivity index (χ4n) is 2.87. The van der Waals surface area contributed by atoms with Gasteiger partial charge in [0.15, 0.2) is 5.78 Å². The van der Waals surface area contributed by atoms with E-state index < -0.39 is 0 Å². The van der Waals surface area contributed by atoms with Crippen molar-refractivity contribution in [3.05, 3.63) is 53.9 Å². The highest BCUT2D eigenvalue weighted by Crippen LogP contribution is 2.19. The van der Waals surface area contributed by atoms with Crippen LogP contribution in [0, 0.1) is 0 Å². The zero-order valence-electron chi connectivity index (χ0n) is 13.8. The van der Waals surface area contributed by atoms with Crippen LogP contribution in [0.5, 0.6) is 0 Å². The summed E-state index contributed by atoms with van der Waals surface area (Å²) in [6.07, 6.45) is 5.44. The Hall–Kier alpha value is -2.69. The Kier molecular flexibility index (Phi) is 4.89. The number of piperidine rings is 1. The Bertz CT molecular complexity index is 735. The second kappa shape index (κ2) is 7.25. The summed E-state index contributed by atoms with van der Waals surface area (Å²) in [4.78, 5) is 30.3. The minimum Gasteiger partial charge on any atom is -0.370 e. The number of pyridine rings is 1. The molecular weight excluding hydrogens is 302 g/mol. The first kappa shape index (κ1) is 16.2. The molecular formula is C19H21N3O2. The molecule has 1 saturated heterocycles. The van der Waals surface area contributed by atoms with Crippen molar-refractivity contribution in [1.29, 1.82) is 0 Å². The van der Waals surface area contributed by atoms with Crippen molar-refractivity contribution in [2.75, 3.05) is 23.3 Å². The molecule has 1 aromatic carbocycles. The van der Waals surface area contributed by atoms with Gasteiger partial charge in [-0.15, -0.1) is 0 Å². The third kappa shape index (κ3) is 3.79. The van der Waals surface area contributed by atoms with Crippen LogP contribution in [0.1, 0.15) is 47.0 Å². The Morgan fingerprint density at radius 1 is 1.08 bits per heavy atom. The molecule has 0 saturated carbocycles. The highest BCUT2D eigenvalue weighted by atomic mass is 16.2. The van der Waals surface area contributed by atoms with E-state index in [2.05, 4.69) is 15.2 Å². The number of anilines is 2. The number of carbonyl (C=O) groups excluding carboxylic acids is 2. The van der Waals surface area contributed by atoms with Gasteiger partial charge < -0.3 is 10.2 Å². The van der Waals surface area contributed by atoms with E-state index in [0.717, 1.165) is 18.8 Å². The van der Waals surface area contributed by atoms with Crippen LogP contribution in [0.25, 0.3) is 0 Å². The topological polar surface area (TPSA) is 62.3 Å². The fourth-order valence-corrected chi connectivity index (χ4v) is 2.87. The van der Waals surface area contributed by atoms with Crippen LogP contribution >= 0.6 is 0 Å². The van der Waals surface area contributed by atoms with Crippen molar-refractivity contribution in [3.8, 4) is 0 Å². The average Bonchev–Trinajstić information content (AvgIpc) is 2.63. The third-order valence-electron chi connectivity index (χ3n) is 4.23. The number of rotatable bonds is 4. The summed E-state index contributed by atoms with van der Waals surface area (Å²) in [5.74, 6) is -0.309. The van der Waals surface area contributed by atoms with E-state index in [1.54, 1.807) is 36.5 Å². The highest BCUT2D eigenvalue weighted by Gasteiger charge is 2.13. The monoisotopic (exact) mass is 323 g/mol. The smallest absolute Gasteiger partial charge is 0.274 e. The summed E-state index contributed by atoms with van der Waals surface area (Å²) in [6.45, 7) is 3.60. The maximum absolute atomic E-state index is 12.3. The molecule has 124 valence electrons. The van der Waals surface area contributed by atoms with Crippen molar-refractivity contribution in [2.24, 2.45) is 0 Å². The Balaban J connectivity index is 1.68. The summed E-state index contributed by atoms with van der Waals surface area (Å²) < 4.78 is 0. The predicted octanol–water partition coefficient (Wildman–Crippen LogP) is 3.53. The minimum atomic E-state index is -0.277. The molecule has 2 aromatic rings. The number of nitrogens with one attached hydrogen (secondary N) is 1. The van der Waals surface area contributed by atoms with E-state index in [1.165, 1.54) is 26.2 Å². The molecule has 1 amide bonds. The maximum atomic E-state index is 12.3. The van der Waals surface area contributed by atoms with E-state index in [-0.39, 0.29) is 11.7 Å². The lowest BCUT2D eigenvalue weighted by Crippen LogP contribution is -2.29. The van der Waals surface area contributed by atoms with Crippen LogP contribution in [0.2, 0.25) is 0 Å². The molecule has 0 unspecified atom stereocenters. The van der Waals surface area contributed by atoms with E-state index in [1.807, 2.05) is 6.07 Å². The Morgan fingerprint density at radius 2 is 1.88 bits per heavy atom. The fraction of sp³-hybridized carbons (Fsp3) is 0.316. The van der Waals surface area contributed by atoms with Crippen LogP contribution in [0.3, 0.4) is 0 Å². The largest absolute Gasteiger partial charge is 0.370 e. The lowest BCUT2D eigenvalue weighted by molar-refractivity contribution is 0.100. The lowest BCUT2D eigenvalue weighted by atomic mass is 10.1. The number of Topliss-reactive ketones (excluding diaryl/α,β-unsaturated/α-hetero) is 1. The molecule has 0 bridgehead atoms. The van der Waals surface area contributed by atoms with Crippen molar-refractivity contribution in [2.45, 2.75) is 26.2 Å². The van der Waals surface area contributed by atoms with Gasteiger partial charge in [0.1, 0.15) is 5.69 Å². The summed E-state index contributed by atoms with van der Waals surface area (Å²) >= 11 is 0. The number of aromatic nitrogens is 1. The number of ketones is 1. The molecule has 24 heavy (non-hydrogen) atoms. The number of hydrogen-bond acceptors (Lipinski definition) is 4. The molecule has 0 spiro atoms. The molecule has 3 rings (SSSR count). The first-order valence-electron chi connectivity index (χ1n) is 8.27. The maximum Gasteiger partial charge on any atom is 0.274 e. The number of hydrogen-bond donors (Lipinski definition) is 1. The highest BCUT2D eigenvalue weighted by molar-refractivity contribution is 6.04. The van der Waals surface area contributed by atoms with Crippen molar-refractivity contribution in [1.82, 2.24) is 4.98 Å². The Morgan fingerprint density at radius 3 is 2.54 bits per heavy atom. The third-order valence-corrected chi connectivity index (χ3v) is 4.23. The zero-order chi connectivity index (χ0) is 16.9. The van der Waals surface area contributed by atoms with Gasteiger partial charge in [-0.05, 0) is 50.5 Å². The summed E-state index contributed by atoms with van der Waals surface area (Å²) in [6, 6.07) is 10.6. The average molecular weight is 323 g/mol. The van der Waals surface area contributed by atoms with Gasteiger partial charge in [0.2, 0.25) is 0 Å². The molecule has 0 radical (unpaired) electrons. The molecule has 5 heteroatoms. The quantitative estimate of drug-likeness (QED) is 0.874. The van der Waals surface area contributed by atoms with Gasteiger partial charge in [-0.25, -0.2) is 4.98 Å². The van der Waals surface area contributed by atoms with Crippen LogP contribution in [0.15, 0.2) is 42.6 Å². The first-order valence-corrected chi connectivity index (χ1v) is 8.27. The van der Waals surface area contributed by atoms with Crippen molar-refractivity contribution >= 4 is 23.1 Å². The van der Waals surface area contributed by atoms with Crippen molar-refractivity contribution in [3.63, 3.8) is 0 Å². The van der Waals surface area contributed by atoms with Gasteiger partial charge in [-0.3, -0.25) is 9.59 Å². The van der Waals surface area contributed by atoms with Crippen LogP contribution < -0.4 is 10.2 Å². The van der Waals surface area contributed by atoms with Gasteiger partial charge in [0.25, 0.3) is 5.91 Å². The normalized spacial score (nSPS) is 14.3. The summed E-state index contributed by atoms with van der Waals surface area (Å²) in [5, 5.41) is 2.79. The SMILES string of the molecule is CC(=O)c1cccc(NC(=O)c2ccc(N3CCCCC3)cn2)c1. The molecule has 1 N–H and O–H groups in total. The number of amides is 1. The van der Waals surface area contributed by atoms with Gasteiger partial charge in [-0.1, -0.05) is 12.1 Å². The standard InChI is InChI=1S/C19H21N3O2/c1-14(23)15-6-5-7-16(12-15)21-19(24)18-9-8-17(13-20-18)22-10-3-2-4-11-22/h5-9,12-13H,2-4,10-11H2,1H3,(H,21,24). The van der Waals surface area contributed by atoms with Gasteiger partial charge in [0, 0.05) is 24.3 Å². The van der Waals surface area contributed by atoms with E-state index in [4.69, 9.17) is 0 Å². The summed E-state index contributed by atoms with van der Waals surface area (Å²) in [7, 11) is 0. The summed E-state index contributed by atoms with van der Waals surface area (Å²) in [5.41, 5.74) is 2.59. The second-order valence-electron chi connectivity index (χ2n) is 6.04. The molecule has 1 aliphatic rings. The second-order valence-corrected chi connectivity index (χ2v) is 6.04. The predicted molar refractivity (Wildman–Crippen MR) is 94.7 cm³/mol. The van der Waals surface area contributed by atoms with E-state index >= 15 is 0 Å². The molecule has 0 aliphatic carbocycles. The van der Waals surface area contributed by atoms with E-state index in [0.29, 0.717) is 16.9 Å². The molecule has 1 aliphatic heterocycles. The molecule has 0 atom stereocenters. The number of nitrogens with zero attached hydrogens (tertiary/aromatic N) is 2. The van der Waals surface area contributed by atoms with Crippen LogP contribution in [0.4, 0.5) is 11.4 Å². The Labute approximate surface area is 141 Å². The van der Waals surface area contributed by atoms with Crippen molar-refractivity contribution < 1.29 is 9.59 Å². The molecule has 2 heterocycles. The van der Waals surface area contributed by atoms with Crippen LogP contribution in [-0.2, 0) is 0 Å². The number of carbonyl (C=O) groups is 2. The minimum absolute atomic E-state index is 0.0323. The van der Waals surface area contributed by atoms with E-state index in [9.17, 15) is 9.59 Å². The van der Waals surface area contributed by atoms with Gasteiger partial charge in [0.05, 0.1) is 11.9 Å². The molecule has 5 nitrogen and oxygen atoms in total. The first-order chi connectivity index (χ1) is 11.6. The van der Waals surface area contributed by atoms with Gasteiger partial charge >= 0.3 is 0 Å². The number of benzene rings is 1. The zero-order valence-corrected chi connectivity index (χ0v) is 13.8. The van der Waals surface area contributed by atoms with Crippen LogP contribution in [-0.4, -0.2) is 29.8 Å². The lowest BCUT2D eigenvalue weighted by Gasteiger charge is -2.28. The molecule has 1 fully saturated rings.